The third-order valence-electron chi connectivity index (χ3n) is 3.15. The minimum Gasteiger partial charge on any atom is -0.479 e. The van der Waals surface area contributed by atoms with Crippen molar-refractivity contribution in [2.45, 2.75) is 6.42 Å². The van der Waals surface area contributed by atoms with E-state index in [1.54, 1.807) is 41.0 Å². The van der Waals surface area contributed by atoms with Crippen molar-refractivity contribution in [2.24, 2.45) is 7.05 Å². The largest absolute Gasteiger partial charge is 0.479 e. The van der Waals surface area contributed by atoms with Crippen molar-refractivity contribution >= 4 is 21.4 Å². The predicted molar refractivity (Wildman–Crippen MR) is 86.1 cm³/mol. The second-order valence-corrected chi connectivity index (χ2v) is 5.57. The third kappa shape index (κ3) is 3.39. The molecular weight excluding hydrogens is 366 g/mol. The number of rotatable bonds is 7. The molecule has 3 rings (SSSR count). The Morgan fingerprint density at radius 3 is 2.83 bits per heavy atom. The van der Waals surface area contributed by atoms with E-state index in [9.17, 15) is 0 Å². The number of hydrogen-bond donors (Lipinski definition) is 0. The molecule has 8 nitrogen and oxygen atoms in total. The van der Waals surface area contributed by atoms with Crippen LogP contribution in [0.15, 0.2) is 29.1 Å². The average molecular weight is 382 g/mol. The SMILES string of the molecule is COc1nccn2nc(OCCCOc3c(Br)cnn3C)cc12. The van der Waals surface area contributed by atoms with Gasteiger partial charge in [-0.05, 0) is 15.9 Å². The molecule has 0 bridgehead atoms. The Kier molecular flexibility index (Phi) is 4.65. The smallest absolute Gasteiger partial charge is 0.239 e. The van der Waals surface area contributed by atoms with Gasteiger partial charge in [-0.15, -0.1) is 5.10 Å². The number of methoxy groups -OCH3 is 1. The highest BCUT2D eigenvalue weighted by molar-refractivity contribution is 9.10. The second-order valence-electron chi connectivity index (χ2n) is 4.72. The van der Waals surface area contributed by atoms with Crippen molar-refractivity contribution in [2.75, 3.05) is 20.3 Å². The third-order valence-corrected chi connectivity index (χ3v) is 3.69. The lowest BCUT2D eigenvalue weighted by Gasteiger charge is -2.07. The summed E-state index contributed by atoms with van der Waals surface area (Å²) in [5.74, 6) is 1.74. The Morgan fingerprint density at radius 2 is 2.09 bits per heavy atom. The predicted octanol–water partition coefficient (Wildman–Crippen LogP) is 2.08. The number of fused-ring (bicyclic) bond motifs is 1. The highest BCUT2D eigenvalue weighted by atomic mass is 79.9. The van der Waals surface area contributed by atoms with Crippen LogP contribution in [0, 0.1) is 0 Å². The molecule has 0 radical (unpaired) electrons. The highest BCUT2D eigenvalue weighted by Gasteiger charge is 2.09. The van der Waals surface area contributed by atoms with E-state index in [1.807, 2.05) is 7.05 Å². The average Bonchev–Trinajstić information content (AvgIpc) is 3.11. The van der Waals surface area contributed by atoms with E-state index in [4.69, 9.17) is 14.2 Å². The summed E-state index contributed by atoms with van der Waals surface area (Å²) in [4.78, 5) is 4.12. The molecule has 3 heterocycles. The Morgan fingerprint density at radius 1 is 1.26 bits per heavy atom. The number of aromatic nitrogens is 5. The summed E-state index contributed by atoms with van der Waals surface area (Å²) in [6.45, 7) is 1.02. The summed E-state index contributed by atoms with van der Waals surface area (Å²) in [7, 11) is 3.40. The van der Waals surface area contributed by atoms with Crippen LogP contribution in [-0.4, -0.2) is 44.7 Å². The lowest BCUT2D eigenvalue weighted by atomic mass is 10.5. The Labute approximate surface area is 141 Å². The van der Waals surface area contributed by atoms with Crippen LogP contribution in [0.3, 0.4) is 0 Å². The maximum Gasteiger partial charge on any atom is 0.239 e. The van der Waals surface area contributed by atoms with Crippen LogP contribution in [0.5, 0.6) is 17.6 Å². The lowest BCUT2D eigenvalue weighted by molar-refractivity contribution is 0.230. The van der Waals surface area contributed by atoms with Gasteiger partial charge >= 0.3 is 0 Å². The lowest BCUT2D eigenvalue weighted by Crippen LogP contribution is -2.07. The van der Waals surface area contributed by atoms with Crippen LogP contribution in [0.4, 0.5) is 0 Å². The fourth-order valence-electron chi connectivity index (χ4n) is 2.07. The molecule has 0 N–H and O–H groups in total. The summed E-state index contributed by atoms with van der Waals surface area (Å²) >= 11 is 3.39. The molecule has 23 heavy (non-hydrogen) atoms. The minimum absolute atomic E-state index is 0.495. The van der Waals surface area contributed by atoms with Gasteiger partial charge in [0.2, 0.25) is 17.6 Å². The first kappa shape index (κ1) is 15.6. The van der Waals surface area contributed by atoms with E-state index >= 15 is 0 Å². The summed E-state index contributed by atoms with van der Waals surface area (Å²) in [5.41, 5.74) is 0.764. The number of aryl methyl sites for hydroxylation is 1. The minimum atomic E-state index is 0.495. The molecule has 0 fully saturated rings. The topological polar surface area (TPSA) is 75.7 Å². The summed E-state index contributed by atoms with van der Waals surface area (Å²) in [5, 5.41) is 8.40. The van der Waals surface area contributed by atoms with Crippen LogP contribution in [0.1, 0.15) is 6.42 Å². The van der Waals surface area contributed by atoms with Crippen molar-refractivity contribution in [3.05, 3.63) is 29.1 Å². The first-order chi connectivity index (χ1) is 11.2. The van der Waals surface area contributed by atoms with Crippen LogP contribution < -0.4 is 14.2 Å². The normalized spacial score (nSPS) is 10.9. The molecule has 0 saturated heterocycles. The fraction of sp³-hybridized carbons (Fsp3) is 0.357. The van der Waals surface area contributed by atoms with E-state index in [2.05, 4.69) is 31.1 Å². The van der Waals surface area contributed by atoms with Crippen molar-refractivity contribution in [1.82, 2.24) is 24.4 Å². The van der Waals surface area contributed by atoms with Gasteiger partial charge in [-0.1, -0.05) is 0 Å². The molecule has 0 saturated carbocycles. The summed E-state index contributed by atoms with van der Waals surface area (Å²) in [6.07, 6.45) is 5.79. The Hall–Kier alpha value is -2.29. The standard InChI is InChI=1S/C14H16BrN5O3/c1-19-14(10(15)9-17-19)23-7-3-6-22-12-8-11-13(21-2)16-4-5-20(11)18-12/h4-5,8-9H,3,6-7H2,1-2H3. The first-order valence-corrected chi connectivity index (χ1v) is 7.80. The molecule has 0 aromatic carbocycles. The van der Waals surface area contributed by atoms with Gasteiger partial charge in [0, 0.05) is 31.9 Å². The fourth-order valence-corrected chi connectivity index (χ4v) is 2.53. The van der Waals surface area contributed by atoms with Gasteiger partial charge in [0.25, 0.3) is 0 Å². The van der Waals surface area contributed by atoms with Crippen molar-refractivity contribution in [3.8, 4) is 17.6 Å². The zero-order valence-electron chi connectivity index (χ0n) is 12.8. The van der Waals surface area contributed by atoms with E-state index < -0.39 is 0 Å². The zero-order chi connectivity index (χ0) is 16.2. The van der Waals surface area contributed by atoms with Crippen LogP contribution in [0.2, 0.25) is 0 Å². The van der Waals surface area contributed by atoms with Crippen molar-refractivity contribution in [1.29, 1.82) is 0 Å². The van der Waals surface area contributed by atoms with Gasteiger partial charge in [-0.2, -0.15) is 5.10 Å². The van der Waals surface area contributed by atoms with Crippen LogP contribution in [0.25, 0.3) is 5.52 Å². The molecule has 122 valence electrons. The molecule has 0 aliphatic heterocycles. The molecule has 0 aliphatic rings. The molecule has 9 heteroatoms. The second kappa shape index (κ2) is 6.86. The quantitative estimate of drug-likeness (QED) is 0.583. The molecule has 3 aromatic rings. The summed E-state index contributed by atoms with van der Waals surface area (Å²) in [6, 6.07) is 1.80. The van der Waals surface area contributed by atoms with Gasteiger partial charge in [0.1, 0.15) is 5.52 Å². The van der Waals surface area contributed by atoms with E-state index in [1.165, 1.54) is 0 Å². The molecule has 0 spiro atoms. The van der Waals surface area contributed by atoms with Crippen molar-refractivity contribution in [3.63, 3.8) is 0 Å². The Balaban J connectivity index is 1.51. The van der Waals surface area contributed by atoms with E-state index in [0.717, 1.165) is 16.4 Å². The van der Waals surface area contributed by atoms with E-state index in [0.29, 0.717) is 30.9 Å². The van der Waals surface area contributed by atoms with Gasteiger partial charge in [-0.25, -0.2) is 14.2 Å². The monoisotopic (exact) mass is 381 g/mol. The number of hydrogen-bond acceptors (Lipinski definition) is 6. The number of ether oxygens (including phenoxy) is 3. The molecule has 0 atom stereocenters. The molecule has 0 amide bonds. The van der Waals surface area contributed by atoms with Crippen LogP contribution >= 0.6 is 15.9 Å². The molecular formula is C14H16BrN5O3. The van der Waals surface area contributed by atoms with Gasteiger partial charge in [0.05, 0.1) is 31.0 Å². The Bertz CT molecular complexity index is 781. The van der Waals surface area contributed by atoms with Gasteiger partial charge in [-0.3, -0.25) is 0 Å². The van der Waals surface area contributed by atoms with E-state index in [-0.39, 0.29) is 0 Å². The van der Waals surface area contributed by atoms with Crippen molar-refractivity contribution < 1.29 is 14.2 Å². The van der Waals surface area contributed by atoms with Gasteiger partial charge < -0.3 is 14.2 Å². The maximum atomic E-state index is 5.66. The number of halogens is 1. The zero-order valence-corrected chi connectivity index (χ0v) is 14.4. The molecule has 0 aliphatic carbocycles. The summed E-state index contributed by atoms with van der Waals surface area (Å²) < 4.78 is 20.7. The molecule has 0 unspecified atom stereocenters. The van der Waals surface area contributed by atoms with Crippen LogP contribution in [-0.2, 0) is 7.05 Å². The first-order valence-electron chi connectivity index (χ1n) is 7.00. The highest BCUT2D eigenvalue weighted by Crippen LogP contribution is 2.23. The maximum absolute atomic E-state index is 5.66. The van der Waals surface area contributed by atoms with Gasteiger partial charge in [0.15, 0.2) is 0 Å². The molecule has 3 aromatic heterocycles. The number of nitrogens with zero attached hydrogens (tertiary/aromatic N) is 5.